The van der Waals surface area contributed by atoms with Gasteiger partial charge in [0.15, 0.2) is 9.84 Å². The standard InChI is InChI=1S/C13H19Cl2NO3S/c1-13(2,20(3,18)19)8-16-7-11(17)12-9(14)5-4-6-10(12)15/h4-6,11,16-17H,7-8H2,1-3H3. The van der Waals surface area contributed by atoms with Crippen LogP contribution in [0.15, 0.2) is 18.2 Å². The molecule has 0 saturated heterocycles. The van der Waals surface area contributed by atoms with E-state index in [0.717, 1.165) is 0 Å². The molecule has 0 radical (unpaired) electrons. The molecule has 0 aromatic heterocycles. The molecule has 0 amide bonds. The summed E-state index contributed by atoms with van der Waals surface area (Å²) in [6.07, 6.45) is 0.294. The van der Waals surface area contributed by atoms with E-state index in [2.05, 4.69) is 5.32 Å². The molecule has 20 heavy (non-hydrogen) atoms. The average Bonchev–Trinajstić information content (AvgIpc) is 2.26. The van der Waals surface area contributed by atoms with Gasteiger partial charge in [0, 0.05) is 35.0 Å². The quantitative estimate of drug-likeness (QED) is 0.835. The first-order chi connectivity index (χ1) is 9.06. The van der Waals surface area contributed by atoms with Crippen LogP contribution >= 0.6 is 23.2 Å². The minimum Gasteiger partial charge on any atom is -0.387 e. The van der Waals surface area contributed by atoms with Crippen molar-refractivity contribution < 1.29 is 13.5 Å². The summed E-state index contributed by atoms with van der Waals surface area (Å²) in [5, 5.41) is 13.8. The van der Waals surface area contributed by atoms with E-state index in [1.54, 1.807) is 32.0 Å². The molecule has 0 aliphatic rings. The fourth-order valence-electron chi connectivity index (χ4n) is 1.57. The smallest absolute Gasteiger partial charge is 0.153 e. The van der Waals surface area contributed by atoms with Crippen LogP contribution in [0, 0.1) is 0 Å². The lowest BCUT2D eigenvalue weighted by atomic mass is 10.1. The van der Waals surface area contributed by atoms with Crippen LogP contribution in [0.4, 0.5) is 0 Å². The highest BCUT2D eigenvalue weighted by molar-refractivity contribution is 7.92. The Hall–Kier alpha value is -0.330. The molecule has 0 saturated carbocycles. The van der Waals surface area contributed by atoms with Crippen LogP contribution in [-0.4, -0.2) is 37.6 Å². The van der Waals surface area contributed by atoms with Crippen molar-refractivity contribution in [2.75, 3.05) is 19.3 Å². The van der Waals surface area contributed by atoms with Gasteiger partial charge in [0.25, 0.3) is 0 Å². The van der Waals surface area contributed by atoms with Crippen LogP contribution in [0.2, 0.25) is 10.0 Å². The van der Waals surface area contributed by atoms with Gasteiger partial charge in [-0.15, -0.1) is 0 Å². The zero-order valence-electron chi connectivity index (χ0n) is 11.7. The summed E-state index contributed by atoms with van der Waals surface area (Å²) in [5.74, 6) is 0. The Morgan fingerprint density at radius 2 is 1.80 bits per heavy atom. The fraction of sp³-hybridized carbons (Fsp3) is 0.538. The van der Waals surface area contributed by atoms with E-state index in [9.17, 15) is 13.5 Å². The monoisotopic (exact) mass is 339 g/mol. The molecular weight excluding hydrogens is 321 g/mol. The summed E-state index contributed by atoms with van der Waals surface area (Å²) in [7, 11) is -3.18. The van der Waals surface area contributed by atoms with Crippen molar-refractivity contribution >= 4 is 33.0 Å². The number of aliphatic hydroxyl groups excluding tert-OH is 1. The lowest BCUT2D eigenvalue weighted by molar-refractivity contribution is 0.174. The Bertz CT molecular complexity index is 553. The van der Waals surface area contributed by atoms with Gasteiger partial charge in [0.05, 0.1) is 10.9 Å². The Kier molecular flexibility index (Phi) is 5.87. The van der Waals surface area contributed by atoms with Gasteiger partial charge >= 0.3 is 0 Å². The van der Waals surface area contributed by atoms with Crippen molar-refractivity contribution in [3.63, 3.8) is 0 Å². The third-order valence-corrected chi connectivity index (χ3v) is 6.04. The molecule has 0 aliphatic carbocycles. The van der Waals surface area contributed by atoms with Gasteiger partial charge in [0.1, 0.15) is 0 Å². The number of benzene rings is 1. The van der Waals surface area contributed by atoms with E-state index in [0.29, 0.717) is 15.6 Å². The Labute approximate surface area is 130 Å². The zero-order valence-corrected chi connectivity index (χ0v) is 14.0. The van der Waals surface area contributed by atoms with Crippen LogP contribution in [0.3, 0.4) is 0 Å². The second-order valence-electron chi connectivity index (χ2n) is 5.31. The maximum absolute atomic E-state index is 11.6. The molecule has 0 fully saturated rings. The molecule has 1 atom stereocenters. The highest BCUT2D eigenvalue weighted by Gasteiger charge is 2.30. The maximum Gasteiger partial charge on any atom is 0.153 e. The first kappa shape index (κ1) is 17.7. The van der Waals surface area contributed by atoms with Gasteiger partial charge in [-0.25, -0.2) is 8.42 Å². The first-order valence-corrected chi connectivity index (χ1v) is 8.73. The molecule has 1 rings (SSSR count). The normalized spacial score (nSPS) is 14.3. The van der Waals surface area contributed by atoms with Crippen molar-refractivity contribution in [3.8, 4) is 0 Å². The number of hydrogen-bond acceptors (Lipinski definition) is 4. The Balaban J connectivity index is 2.68. The lowest BCUT2D eigenvalue weighted by Gasteiger charge is -2.24. The van der Waals surface area contributed by atoms with Gasteiger partial charge in [0.2, 0.25) is 0 Å². The number of rotatable bonds is 6. The van der Waals surface area contributed by atoms with Crippen LogP contribution in [-0.2, 0) is 9.84 Å². The Morgan fingerprint density at radius 3 is 2.25 bits per heavy atom. The number of hydrogen-bond donors (Lipinski definition) is 2. The molecule has 1 unspecified atom stereocenters. The van der Waals surface area contributed by atoms with Crippen LogP contribution in [0.5, 0.6) is 0 Å². The van der Waals surface area contributed by atoms with E-state index >= 15 is 0 Å². The number of nitrogens with one attached hydrogen (secondary N) is 1. The number of aliphatic hydroxyl groups is 1. The van der Waals surface area contributed by atoms with Crippen molar-refractivity contribution in [1.29, 1.82) is 0 Å². The molecular formula is C13H19Cl2NO3S. The molecule has 2 N–H and O–H groups in total. The molecule has 0 aliphatic heterocycles. The molecule has 4 nitrogen and oxygen atoms in total. The highest BCUT2D eigenvalue weighted by Crippen LogP contribution is 2.29. The van der Waals surface area contributed by atoms with Crippen molar-refractivity contribution in [3.05, 3.63) is 33.8 Å². The van der Waals surface area contributed by atoms with Crippen LogP contribution < -0.4 is 5.32 Å². The summed E-state index contributed by atoms with van der Waals surface area (Å²) in [4.78, 5) is 0. The van der Waals surface area contributed by atoms with E-state index in [-0.39, 0.29) is 13.1 Å². The van der Waals surface area contributed by atoms with Crippen LogP contribution in [0.1, 0.15) is 25.5 Å². The lowest BCUT2D eigenvalue weighted by Crippen LogP contribution is -2.42. The first-order valence-electron chi connectivity index (χ1n) is 6.08. The molecule has 1 aromatic carbocycles. The summed E-state index contributed by atoms with van der Waals surface area (Å²) < 4.78 is 22.2. The molecule has 0 bridgehead atoms. The second kappa shape index (κ2) is 6.62. The van der Waals surface area contributed by atoms with E-state index in [1.165, 1.54) is 6.26 Å². The number of halogens is 2. The average molecular weight is 340 g/mol. The second-order valence-corrected chi connectivity index (χ2v) is 8.78. The summed E-state index contributed by atoms with van der Waals surface area (Å²) in [6, 6.07) is 4.99. The van der Waals surface area contributed by atoms with Gasteiger partial charge in [-0.3, -0.25) is 0 Å². The largest absolute Gasteiger partial charge is 0.387 e. The van der Waals surface area contributed by atoms with Crippen LogP contribution in [0.25, 0.3) is 0 Å². The van der Waals surface area contributed by atoms with Crippen molar-refractivity contribution in [1.82, 2.24) is 5.32 Å². The van der Waals surface area contributed by atoms with Crippen molar-refractivity contribution in [2.45, 2.75) is 24.7 Å². The summed E-state index contributed by atoms with van der Waals surface area (Å²) in [5.41, 5.74) is 0.445. The zero-order chi connectivity index (χ0) is 15.6. The van der Waals surface area contributed by atoms with Gasteiger partial charge < -0.3 is 10.4 Å². The van der Waals surface area contributed by atoms with Gasteiger partial charge in [-0.1, -0.05) is 29.3 Å². The van der Waals surface area contributed by atoms with Crippen molar-refractivity contribution in [2.24, 2.45) is 0 Å². The SMILES string of the molecule is CC(C)(CNCC(O)c1c(Cl)cccc1Cl)S(C)(=O)=O. The highest BCUT2D eigenvalue weighted by atomic mass is 35.5. The topological polar surface area (TPSA) is 66.4 Å². The third-order valence-electron chi connectivity index (χ3n) is 3.23. The fourth-order valence-corrected chi connectivity index (χ4v) is 2.59. The minimum absolute atomic E-state index is 0.169. The minimum atomic E-state index is -3.18. The Morgan fingerprint density at radius 1 is 1.30 bits per heavy atom. The van der Waals surface area contributed by atoms with E-state index in [4.69, 9.17) is 23.2 Å². The van der Waals surface area contributed by atoms with E-state index < -0.39 is 20.7 Å². The van der Waals surface area contributed by atoms with Gasteiger partial charge in [-0.2, -0.15) is 0 Å². The van der Waals surface area contributed by atoms with E-state index in [1.807, 2.05) is 0 Å². The maximum atomic E-state index is 11.6. The molecule has 7 heteroatoms. The molecule has 114 valence electrons. The summed E-state index contributed by atoms with van der Waals surface area (Å²) >= 11 is 12.0. The van der Waals surface area contributed by atoms with Gasteiger partial charge in [-0.05, 0) is 26.0 Å². The molecule has 1 aromatic rings. The molecule has 0 spiro atoms. The predicted molar refractivity (Wildman–Crippen MR) is 83.2 cm³/mol. The molecule has 0 heterocycles. The third kappa shape index (κ3) is 4.33. The predicted octanol–water partition coefficient (Wildman–Crippen LogP) is 2.44. The summed E-state index contributed by atoms with van der Waals surface area (Å²) in [6.45, 7) is 3.65. The number of sulfone groups is 1.